The Morgan fingerprint density at radius 3 is 0.800 bits per heavy atom. The zero-order valence-electron chi connectivity index (χ0n) is 14.0. The summed E-state index contributed by atoms with van der Waals surface area (Å²) in [6.07, 6.45) is -24.0. The van der Waals surface area contributed by atoms with Gasteiger partial charge in [0, 0.05) is 0 Å². The molecule has 2 aromatic rings. The number of hydrogen-bond acceptors (Lipinski definition) is 1. The quantitative estimate of drug-likeness (QED) is 0.491. The number of hydrogen-bond donors (Lipinski definition) is 1. The summed E-state index contributed by atoms with van der Waals surface area (Å²) < 4.78 is 155. The maximum atomic E-state index is 12.9. The summed E-state index contributed by atoms with van der Waals surface area (Å²) in [6, 6.07) is -0.575. The van der Waals surface area contributed by atoms with Crippen LogP contribution in [0.2, 0.25) is 0 Å². The van der Waals surface area contributed by atoms with E-state index in [-0.39, 0.29) is 36.4 Å². The highest BCUT2D eigenvalue weighted by atomic mass is 19.4. The standard InChI is InChI=1S/C17H8F12O/c18-14(19,20)9-1-7(2-10(5-9)15(21,22)23)13(30)8-3-11(16(24,25)26)6-12(4-8)17(27,28)29/h1-6,13,30H. The molecule has 0 unspecified atom stereocenters. The van der Waals surface area contributed by atoms with E-state index in [9.17, 15) is 57.8 Å². The van der Waals surface area contributed by atoms with Crippen molar-refractivity contribution in [3.63, 3.8) is 0 Å². The van der Waals surface area contributed by atoms with Gasteiger partial charge in [-0.3, -0.25) is 0 Å². The van der Waals surface area contributed by atoms with E-state index < -0.39 is 64.2 Å². The molecule has 2 aromatic carbocycles. The molecule has 0 saturated carbocycles. The Bertz CT molecular complexity index is 778. The molecule has 0 saturated heterocycles. The van der Waals surface area contributed by atoms with Gasteiger partial charge in [-0.1, -0.05) is 0 Å². The van der Waals surface area contributed by atoms with Crippen molar-refractivity contribution in [3.05, 3.63) is 69.8 Å². The molecule has 0 aliphatic heterocycles. The van der Waals surface area contributed by atoms with Gasteiger partial charge < -0.3 is 5.11 Å². The van der Waals surface area contributed by atoms with Crippen molar-refractivity contribution in [2.75, 3.05) is 0 Å². The average Bonchev–Trinajstić information content (AvgIpc) is 2.57. The zero-order chi connectivity index (χ0) is 23.3. The summed E-state index contributed by atoms with van der Waals surface area (Å²) in [5.74, 6) is 0. The van der Waals surface area contributed by atoms with Crippen molar-refractivity contribution in [2.24, 2.45) is 0 Å². The Morgan fingerprint density at radius 1 is 0.433 bits per heavy atom. The molecule has 0 heterocycles. The molecule has 0 aliphatic rings. The Hall–Kier alpha value is -2.44. The van der Waals surface area contributed by atoms with E-state index in [1.54, 1.807) is 0 Å². The first kappa shape index (κ1) is 23.8. The van der Waals surface area contributed by atoms with Gasteiger partial charge in [0.05, 0.1) is 22.3 Å². The fraction of sp³-hybridized carbons (Fsp3) is 0.294. The van der Waals surface area contributed by atoms with E-state index in [2.05, 4.69) is 0 Å². The van der Waals surface area contributed by atoms with E-state index in [4.69, 9.17) is 0 Å². The van der Waals surface area contributed by atoms with Crippen LogP contribution in [-0.2, 0) is 24.7 Å². The minimum Gasteiger partial charge on any atom is -0.384 e. The van der Waals surface area contributed by atoms with Crippen molar-refractivity contribution in [1.82, 2.24) is 0 Å². The van der Waals surface area contributed by atoms with Crippen molar-refractivity contribution >= 4 is 0 Å². The van der Waals surface area contributed by atoms with Crippen LogP contribution in [0.3, 0.4) is 0 Å². The van der Waals surface area contributed by atoms with Gasteiger partial charge in [0.2, 0.25) is 0 Å². The Morgan fingerprint density at radius 2 is 0.633 bits per heavy atom. The van der Waals surface area contributed by atoms with Crippen LogP contribution in [-0.4, -0.2) is 5.11 Å². The molecule has 0 bridgehead atoms. The van der Waals surface area contributed by atoms with Crippen LogP contribution in [0.5, 0.6) is 0 Å². The number of benzene rings is 2. The predicted molar refractivity (Wildman–Crippen MR) is 77.0 cm³/mol. The molecule has 0 fully saturated rings. The summed E-state index contributed by atoms with van der Waals surface area (Å²) >= 11 is 0. The third kappa shape index (κ3) is 5.37. The fourth-order valence-corrected chi connectivity index (χ4v) is 2.47. The highest BCUT2D eigenvalue weighted by molar-refractivity contribution is 5.42. The number of aliphatic hydroxyl groups excluding tert-OH is 1. The summed E-state index contributed by atoms with van der Waals surface area (Å²) in [7, 11) is 0. The molecule has 0 aliphatic carbocycles. The lowest BCUT2D eigenvalue weighted by molar-refractivity contribution is -0.144. The molecular weight excluding hydrogens is 448 g/mol. The molecule has 0 atom stereocenters. The van der Waals surface area contributed by atoms with Gasteiger partial charge in [-0.2, -0.15) is 52.7 Å². The molecule has 1 N–H and O–H groups in total. The maximum absolute atomic E-state index is 12.9. The van der Waals surface area contributed by atoms with Crippen molar-refractivity contribution in [3.8, 4) is 0 Å². The second-order valence-corrected chi connectivity index (χ2v) is 6.08. The number of halogens is 12. The van der Waals surface area contributed by atoms with Crippen LogP contribution in [0.25, 0.3) is 0 Å². The van der Waals surface area contributed by atoms with Crippen LogP contribution in [0, 0.1) is 0 Å². The van der Waals surface area contributed by atoms with E-state index in [1.165, 1.54) is 0 Å². The van der Waals surface area contributed by atoms with Crippen LogP contribution in [0.15, 0.2) is 36.4 Å². The monoisotopic (exact) mass is 456 g/mol. The molecular formula is C17H8F12O. The van der Waals surface area contributed by atoms with Gasteiger partial charge in [0.1, 0.15) is 6.10 Å². The fourth-order valence-electron chi connectivity index (χ4n) is 2.47. The second-order valence-electron chi connectivity index (χ2n) is 6.08. The third-order valence-corrected chi connectivity index (χ3v) is 3.85. The lowest BCUT2D eigenvalue weighted by atomic mass is 9.94. The zero-order valence-corrected chi connectivity index (χ0v) is 14.0. The SMILES string of the molecule is OC(c1cc(C(F)(F)F)cc(C(F)(F)F)c1)c1cc(C(F)(F)F)cc(C(F)(F)F)c1. The molecule has 0 spiro atoms. The van der Waals surface area contributed by atoms with Gasteiger partial charge in [0.15, 0.2) is 0 Å². The molecule has 2 rings (SSSR count). The minimum atomic E-state index is -5.33. The Balaban J connectivity index is 2.72. The Kier molecular flexibility index (Phi) is 5.85. The van der Waals surface area contributed by atoms with Crippen LogP contribution in [0.4, 0.5) is 52.7 Å². The van der Waals surface area contributed by atoms with Crippen molar-refractivity contribution < 1.29 is 57.8 Å². The minimum absolute atomic E-state index is 0.00737. The first-order chi connectivity index (χ1) is 13.3. The number of aliphatic hydroxyl groups is 1. The highest BCUT2D eigenvalue weighted by Gasteiger charge is 2.39. The van der Waals surface area contributed by atoms with Crippen LogP contribution in [0.1, 0.15) is 39.5 Å². The number of rotatable bonds is 2. The second kappa shape index (κ2) is 7.36. The van der Waals surface area contributed by atoms with Gasteiger partial charge in [-0.25, -0.2) is 0 Å². The molecule has 30 heavy (non-hydrogen) atoms. The van der Waals surface area contributed by atoms with Crippen LogP contribution >= 0.6 is 0 Å². The summed E-state index contributed by atoms with van der Waals surface area (Å²) in [5, 5.41) is 10.1. The largest absolute Gasteiger partial charge is 0.416 e. The number of alkyl halides is 12. The molecule has 13 heteroatoms. The van der Waals surface area contributed by atoms with E-state index in [0.717, 1.165) is 0 Å². The Labute approximate surface area is 159 Å². The van der Waals surface area contributed by atoms with Gasteiger partial charge in [-0.05, 0) is 47.5 Å². The average molecular weight is 456 g/mol. The van der Waals surface area contributed by atoms with Gasteiger partial charge in [-0.15, -0.1) is 0 Å². The summed E-state index contributed by atoms with van der Waals surface area (Å²) in [6.45, 7) is 0. The lowest BCUT2D eigenvalue weighted by Gasteiger charge is -2.20. The third-order valence-electron chi connectivity index (χ3n) is 3.85. The first-order valence-electron chi connectivity index (χ1n) is 7.57. The first-order valence-corrected chi connectivity index (χ1v) is 7.57. The van der Waals surface area contributed by atoms with E-state index in [1.807, 2.05) is 0 Å². The van der Waals surface area contributed by atoms with Gasteiger partial charge >= 0.3 is 24.7 Å². The van der Waals surface area contributed by atoms with Crippen LogP contribution < -0.4 is 0 Å². The van der Waals surface area contributed by atoms with E-state index >= 15 is 0 Å². The topological polar surface area (TPSA) is 20.2 Å². The molecule has 0 radical (unpaired) electrons. The van der Waals surface area contributed by atoms with Crippen molar-refractivity contribution in [1.29, 1.82) is 0 Å². The summed E-state index contributed by atoms with van der Waals surface area (Å²) in [4.78, 5) is 0. The molecule has 1 nitrogen and oxygen atoms in total. The van der Waals surface area contributed by atoms with Gasteiger partial charge in [0.25, 0.3) is 0 Å². The van der Waals surface area contributed by atoms with Crippen molar-refractivity contribution in [2.45, 2.75) is 30.8 Å². The predicted octanol–water partition coefficient (Wildman–Crippen LogP) is 6.84. The highest BCUT2D eigenvalue weighted by Crippen LogP contribution is 2.41. The smallest absolute Gasteiger partial charge is 0.384 e. The molecule has 0 amide bonds. The molecule has 166 valence electrons. The van der Waals surface area contributed by atoms with E-state index in [0.29, 0.717) is 0 Å². The maximum Gasteiger partial charge on any atom is 0.416 e. The molecule has 0 aromatic heterocycles. The summed E-state index contributed by atoms with van der Waals surface area (Å²) in [5.41, 5.74) is -9.96. The lowest BCUT2D eigenvalue weighted by Crippen LogP contribution is -2.15. The normalized spacial score (nSPS) is 13.8.